The van der Waals surface area contributed by atoms with Crippen molar-refractivity contribution in [1.29, 1.82) is 0 Å². The number of nitrogens with zero attached hydrogens (tertiary/aromatic N) is 3. The van der Waals surface area contributed by atoms with E-state index < -0.39 is 10.0 Å². The van der Waals surface area contributed by atoms with E-state index in [1.807, 2.05) is 35.0 Å². The fraction of sp³-hybridized carbons (Fsp3) is 0.0455. The molecule has 8 nitrogen and oxygen atoms in total. The third kappa shape index (κ3) is 4.52. The van der Waals surface area contributed by atoms with Crippen LogP contribution in [0.2, 0.25) is 0 Å². The number of imidazole rings is 1. The second kappa shape index (κ2) is 8.50. The second-order valence-electron chi connectivity index (χ2n) is 6.65. The molecule has 1 amide bonds. The van der Waals surface area contributed by atoms with Crippen molar-refractivity contribution in [3.8, 4) is 11.3 Å². The molecule has 0 aliphatic carbocycles. The number of fused-ring (bicyclic) bond motifs is 1. The Balaban J connectivity index is 1.45. The summed E-state index contributed by atoms with van der Waals surface area (Å²) in [6, 6.07) is 14.8. The van der Waals surface area contributed by atoms with Crippen molar-refractivity contribution in [1.82, 2.24) is 19.1 Å². The predicted molar refractivity (Wildman–Crippen MR) is 118 cm³/mol. The molecular weight excluding hydrogens is 414 g/mol. The number of amides is 1. The fourth-order valence-corrected chi connectivity index (χ4v) is 3.93. The molecule has 0 aliphatic heterocycles. The Kier molecular flexibility index (Phi) is 5.61. The zero-order chi connectivity index (χ0) is 21.8. The highest BCUT2D eigenvalue weighted by atomic mass is 32.2. The topological polar surface area (TPSA) is 105 Å². The van der Waals surface area contributed by atoms with Gasteiger partial charge in [0, 0.05) is 41.9 Å². The maximum Gasteiger partial charge on any atom is 0.255 e. The smallest absolute Gasteiger partial charge is 0.255 e. The summed E-state index contributed by atoms with van der Waals surface area (Å²) in [6.45, 7) is 3.61. The van der Waals surface area contributed by atoms with E-state index in [4.69, 9.17) is 0 Å². The van der Waals surface area contributed by atoms with E-state index in [1.165, 1.54) is 30.3 Å². The Morgan fingerprint density at radius 3 is 2.52 bits per heavy atom. The van der Waals surface area contributed by atoms with Gasteiger partial charge < -0.3 is 5.32 Å². The molecule has 0 saturated heterocycles. The summed E-state index contributed by atoms with van der Waals surface area (Å²) in [4.78, 5) is 21.3. The van der Waals surface area contributed by atoms with Crippen molar-refractivity contribution in [3.05, 3.63) is 91.4 Å². The number of hydrogen-bond acceptors (Lipinski definition) is 5. The van der Waals surface area contributed by atoms with E-state index in [2.05, 4.69) is 26.6 Å². The number of carbonyl (C=O) groups is 1. The summed E-state index contributed by atoms with van der Waals surface area (Å²) in [5, 5.41) is 2.80. The minimum absolute atomic E-state index is 0.0807. The quantitative estimate of drug-likeness (QED) is 0.436. The van der Waals surface area contributed by atoms with E-state index in [1.54, 1.807) is 18.3 Å². The first-order valence-corrected chi connectivity index (χ1v) is 10.9. The molecule has 2 aromatic carbocycles. The standard InChI is InChI=1S/C22H19N5O3S/c1-2-12-24-31(29,30)19-10-6-17(7-11-19)21(28)25-18-8-4-16(5-9-18)20-15-27-14-3-13-23-22(27)26-20/h2-11,13-15,24H,1,12H2,(H,25,28). The van der Waals surface area contributed by atoms with E-state index in [0.29, 0.717) is 17.0 Å². The van der Waals surface area contributed by atoms with Crippen molar-refractivity contribution >= 4 is 27.4 Å². The molecule has 2 N–H and O–H groups in total. The Morgan fingerprint density at radius 1 is 1.10 bits per heavy atom. The first kappa shape index (κ1) is 20.5. The van der Waals surface area contributed by atoms with Gasteiger partial charge in [0.2, 0.25) is 15.8 Å². The first-order valence-electron chi connectivity index (χ1n) is 9.38. The van der Waals surface area contributed by atoms with Crippen molar-refractivity contribution in [2.45, 2.75) is 4.90 Å². The lowest BCUT2D eigenvalue weighted by molar-refractivity contribution is 0.102. The molecule has 0 fully saturated rings. The van der Waals surface area contributed by atoms with Gasteiger partial charge in [-0.05, 0) is 42.5 Å². The zero-order valence-electron chi connectivity index (χ0n) is 16.4. The molecule has 0 bridgehead atoms. The average Bonchev–Trinajstić information content (AvgIpc) is 3.22. The third-order valence-electron chi connectivity index (χ3n) is 4.52. The third-order valence-corrected chi connectivity index (χ3v) is 5.96. The Labute approximate surface area is 179 Å². The van der Waals surface area contributed by atoms with Gasteiger partial charge in [0.15, 0.2) is 0 Å². The molecule has 4 aromatic rings. The molecule has 0 unspecified atom stereocenters. The minimum Gasteiger partial charge on any atom is -0.322 e. The lowest BCUT2D eigenvalue weighted by atomic mass is 10.1. The van der Waals surface area contributed by atoms with Crippen LogP contribution in [0.15, 0.2) is 90.7 Å². The molecule has 0 atom stereocenters. The van der Waals surface area contributed by atoms with E-state index in [-0.39, 0.29) is 17.3 Å². The maximum atomic E-state index is 12.5. The normalized spacial score (nSPS) is 11.4. The Morgan fingerprint density at radius 2 is 1.84 bits per heavy atom. The van der Waals surface area contributed by atoms with E-state index >= 15 is 0 Å². The molecule has 0 saturated carbocycles. The van der Waals surface area contributed by atoms with Crippen LogP contribution in [-0.2, 0) is 10.0 Å². The van der Waals surface area contributed by atoms with Crippen molar-refractivity contribution in [2.24, 2.45) is 0 Å². The van der Waals surface area contributed by atoms with Gasteiger partial charge in [0.05, 0.1) is 10.6 Å². The van der Waals surface area contributed by atoms with E-state index in [0.717, 1.165) is 11.3 Å². The number of anilines is 1. The van der Waals surface area contributed by atoms with Crippen LogP contribution in [0, 0.1) is 0 Å². The summed E-state index contributed by atoms with van der Waals surface area (Å²) in [5.74, 6) is 0.271. The lowest BCUT2D eigenvalue weighted by Crippen LogP contribution is -2.23. The monoisotopic (exact) mass is 433 g/mol. The lowest BCUT2D eigenvalue weighted by Gasteiger charge is -2.08. The minimum atomic E-state index is -3.63. The van der Waals surface area contributed by atoms with Gasteiger partial charge in [0.25, 0.3) is 5.91 Å². The molecular formula is C22H19N5O3S. The first-order chi connectivity index (χ1) is 15.0. The molecule has 2 heterocycles. The van der Waals surface area contributed by atoms with Gasteiger partial charge in [-0.3, -0.25) is 9.20 Å². The van der Waals surface area contributed by atoms with Crippen LogP contribution >= 0.6 is 0 Å². The Hall–Kier alpha value is -3.82. The number of benzene rings is 2. The highest BCUT2D eigenvalue weighted by Crippen LogP contribution is 2.21. The van der Waals surface area contributed by atoms with Crippen LogP contribution in [0.3, 0.4) is 0 Å². The summed E-state index contributed by atoms with van der Waals surface area (Å²) in [7, 11) is -3.63. The summed E-state index contributed by atoms with van der Waals surface area (Å²) in [6.07, 6.45) is 6.90. The van der Waals surface area contributed by atoms with Crippen LogP contribution in [0.5, 0.6) is 0 Å². The number of rotatable bonds is 7. The largest absolute Gasteiger partial charge is 0.322 e. The molecule has 0 radical (unpaired) electrons. The van der Waals surface area contributed by atoms with Crippen LogP contribution < -0.4 is 10.0 Å². The molecule has 31 heavy (non-hydrogen) atoms. The van der Waals surface area contributed by atoms with Gasteiger partial charge in [-0.25, -0.2) is 23.1 Å². The summed E-state index contributed by atoms with van der Waals surface area (Å²) in [5.41, 5.74) is 2.63. The number of nitrogens with one attached hydrogen (secondary N) is 2. The summed E-state index contributed by atoms with van der Waals surface area (Å²) >= 11 is 0. The number of carbonyl (C=O) groups excluding carboxylic acids is 1. The van der Waals surface area contributed by atoms with Crippen LogP contribution in [-0.4, -0.2) is 35.2 Å². The highest BCUT2D eigenvalue weighted by molar-refractivity contribution is 7.89. The van der Waals surface area contributed by atoms with Crippen molar-refractivity contribution in [2.75, 3.05) is 11.9 Å². The zero-order valence-corrected chi connectivity index (χ0v) is 17.2. The van der Waals surface area contributed by atoms with Gasteiger partial charge in [-0.1, -0.05) is 18.2 Å². The molecule has 0 aliphatic rings. The van der Waals surface area contributed by atoms with Crippen LogP contribution in [0.1, 0.15) is 10.4 Å². The summed E-state index contributed by atoms with van der Waals surface area (Å²) < 4.78 is 28.4. The molecule has 9 heteroatoms. The van der Waals surface area contributed by atoms with E-state index in [9.17, 15) is 13.2 Å². The molecule has 4 rings (SSSR count). The SMILES string of the molecule is C=CCNS(=O)(=O)c1ccc(C(=O)Nc2ccc(-c3cn4cccnc4n3)cc2)cc1. The number of sulfonamides is 1. The molecule has 2 aromatic heterocycles. The maximum absolute atomic E-state index is 12.5. The van der Waals surface area contributed by atoms with Gasteiger partial charge in [-0.15, -0.1) is 6.58 Å². The molecule has 156 valence electrons. The second-order valence-corrected chi connectivity index (χ2v) is 8.42. The van der Waals surface area contributed by atoms with Crippen molar-refractivity contribution in [3.63, 3.8) is 0 Å². The fourth-order valence-electron chi connectivity index (χ4n) is 2.93. The van der Waals surface area contributed by atoms with Crippen LogP contribution in [0.4, 0.5) is 5.69 Å². The van der Waals surface area contributed by atoms with Gasteiger partial charge in [-0.2, -0.15) is 0 Å². The van der Waals surface area contributed by atoms with Gasteiger partial charge >= 0.3 is 0 Å². The van der Waals surface area contributed by atoms with Gasteiger partial charge in [0.1, 0.15) is 0 Å². The Bertz CT molecular complexity index is 1310. The number of aromatic nitrogens is 3. The molecule has 0 spiro atoms. The van der Waals surface area contributed by atoms with Crippen LogP contribution in [0.25, 0.3) is 17.0 Å². The number of hydrogen-bond donors (Lipinski definition) is 2. The predicted octanol–water partition coefficient (Wildman–Crippen LogP) is 3.11. The highest BCUT2D eigenvalue weighted by Gasteiger charge is 2.14. The average molecular weight is 433 g/mol. The van der Waals surface area contributed by atoms with Crippen molar-refractivity contribution < 1.29 is 13.2 Å².